The van der Waals surface area contributed by atoms with E-state index in [4.69, 9.17) is 14.1 Å². The van der Waals surface area contributed by atoms with Crippen LogP contribution in [-0.2, 0) is 23.7 Å². The second-order valence-corrected chi connectivity index (χ2v) is 11.0. The maximum Gasteiger partial charge on any atom is 0.451 e. The number of ether oxygens (including phenoxy) is 2. The molecular weight excluding hydrogens is 419 g/mol. The zero-order valence-corrected chi connectivity index (χ0v) is 21.1. The van der Waals surface area contributed by atoms with Gasteiger partial charge in [0, 0.05) is 12.3 Å². The summed E-state index contributed by atoms with van der Waals surface area (Å²) in [7, 11) is -0.898. The van der Waals surface area contributed by atoms with Crippen molar-refractivity contribution >= 4 is 19.1 Å². The number of hydrogen-bond donors (Lipinski definition) is 1. The Morgan fingerprint density at radius 3 is 2.67 bits per heavy atom. The van der Waals surface area contributed by atoms with Crippen molar-refractivity contribution in [2.24, 2.45) is 29.1 Å². The summed E-state index contributed by atoms with van der Waals surface area (Å²) < 4.78 is 17.3. The van der Waals surface area contributed by atoms with Gasteiger partial charge in [0.25, 0.3) is 0 Å². The summed E-state index contributed by atoms with van der Waals surface area (Å²) in [5.74, 6) is 0.757. The number of rotatable bonds is 8. The lowest BCUT2D eigenvalue weighted by molar-refractivity contribution is -0.165. The lowest BCUT2D eigenvalue weighted by atomic mass is 9.65. The zero-order valence-electron chi connectivity index (χ0n) is 21.1. The van der Waals surface area contributed by atoms with Gasteiger partial charge in [-0.3, -0.25) is 9.59 Å². The van der Waals surface area contributed by atoms with Crippen LogP contribution < -0.4 is 0 Å². The van der Waals surface area contributed by atoms with Crippen LogP contribution >= 0.6 is 0 Å². The van der Waals surface area contributed by atoms with E-state index in [-0.39, 0.29) is 42.6 Å². The smallest absolute Gasteiger partial charge is 0.451 e. The third-order valence-electron chi connectivity index (χ3n) is 7.72. The average Bonchev–Trinajstić information content (AvgIpc) is 2.72. The summed E-state index contributed by atoms with van der Waals surface area (Å²) in [6, 6.07) is 0. The Morgan fingerprint density at radius 2 is 2.00 bits per heavy atom. The highest BCUT2D eigenvalue weighted by Gasteiger charge is 2.43. The maximum absolute atomic E-state index is 12.9. The van der Waals surface area contributed by atoms with Gasteiger partial charge in [-0.1, -0.05) is 39.0 Å². The van der Waals surface area contributed by atoms with Gasteiger partial charge in [0.2, 0.25) is 0 Å². The minimum atomic E-state index is -0.898. The number of cyclic esters (lactones) is 1. The molecule has 0 aromatic heterocycles. The van der Waals surface area contributed by atoms with Gasteiger partial charge >= 0.3 is 19.1 Å². The molecule has 0 aromatic rings. The number of carbonyl (C=O) groups excluding carboxylic acids is 2. The first-order chi connectivity index (χ1) is 15.5. The Kier molecular flexibility index (Phi) is 8.49. The SMILES string of the molecule is CCC(C)(C)C(=O)O[C@@H]1C[C@H](C)C=C2C=C[C@@H](C)[C@@H](CC[C@@H]3C[C@H](OB(C)O)CC(=O)O3)[C@@H]21. The van der Waals surface area contributed by atoms with Crippen LogP contribution in [0.3, 0.4) is 0 Å². The van der Waals surface area contributed by atoms with Gasteiger partial charge in [0.15, 0.2) is 0 Å². The second kappa shape index (κ2) is 10.8. The average molecular weight is 460 g/mol. The van der Waals surface area contributed by atoms with Crippen LogP contribution in [0.15, 0.2) is 23.8 Å². The number of allylic oxidation sites excluding steroid dienone is 3. The molecule has 184 valence electrons. The fraction of sp³-hybridized carbons (Fsp3) is 0.769. The molecule has 33 heavy (non-hydrogen) atoms. The van der Waals surface area contributed by atoms with E-state index < -0.39 is 12.5 Å². The van der Waals surface area contributed by atoms with Crippen molar-refractivity contribution in [1.29, 1.82) is 0 Å². The van der Waals surface area contributed by atoms with Crippen LogP contribution in [0.5, 0.6) is 0 Å². The second-order valence-electron chi connectivity index (χ2n) is 11.0. The van der Waals surface area contributed by atoms with Crippen LogP contribution in [0.1, 0.15) is 73.1 Å². The maximum atomic E-state index is 12.9. The molecule has 6 nitrogen and oxygen atoms in total. The van der Waals surface area contributed by atoms with Gasteiger partial charge in [-0.25, -0.2) is 0 Å². The third kappa shape index (κ3) is 6.51. The lowest BCUT2D eigenvalue weighted by Crippen LogP contribution is -2.43. The van der Waals surface area contributed by atoms with Crippen LogP contribution in [0.2, 0.25) is 6.82 Å². The summed E-state index contributed by atoms with van der Waals surface area (Å²) >= 11 is 0. The zero-order chi connectivity index (χ0) is 24.3. The Hall–Kier alpha value is -1.60. The summed E-state index contributed by atoms with van der Waals surface area (Å²) in [5.41, 5.74) is 0.769. The molecule has 0 bridgehead atoms. The molecule has 2 aliphatic carbocycles. The molecule has 0 unspecified atom stereocenters. The van der Waals surface area contributed by atoms with E-state index in [2.05, 4.69) is 32.1 Å². The third-order valence-corrected chi connectivity index (χ3v) is 7.72. The molecule has 0 aromatic carbocycles. The van der Waals surface area contributed by atoms with Crippen LogP contribution in [0, 0.1) is 29.1 Å². The van der Waals surface area contributed by atoms with Gasteiger partial charge in [0.1, 0.15) is 12.2 Å². The monoisotopic (exact) mass is 460 g/mol. The Balaban J connectivity index is 1.73. The predicted octanol–water partition coefficient (Wildman–Crippen LogP) is 4.72. The van der Waals surface area contributed by atoms with Crippen LogP contribution in [0.4, 0.5) is 0 Å². The van der Waals surface area contributed by atoms with E-state index in [1.165, 1.54) is 5.57 Å². The Bertz CT molecular complexity index is 773. The molecule has 0 radical (unpaired) electrons. The summed E-state index contributed by atoms with van der Waals surface area (Å²) in [6.45, 7) is 11.9. The first-order valence-corrected chi connectivity index (χ1v) is 12.6. The fourth-order valence-electron chi connectivity index (χ4n) is 5.44. The van der Waals surface area contributed by atoms with Crippen LogP contribution in [0.25, 0.3) is 0 Å². The lowest BCUT2D eigenvalue weighted by Gasteiger charge is -2.44. The van der Waals surface area contributed by atoms with E-state index in [0.717, 1.165) is 25.7 Å². The Labute approximate surface area is 199 Å². The van der Waals surface area contributed by atoms with E-state index in [9.17, 15) is 14.6 Å². The van der Waals surface area contributed by atoms with Gasteiger partial charge in [-0.05, 0) is 69.7 Å². The van der Waals surface area contributed by atoms with Crippen molar-refractivity contribution < 1.29 is 28.7 Å². The molecule has 3 rings (SSSR count). The molecule has 1 heterocycles. The summed E-state index contributed by atoms with van der Waals surface area (Å²) in [6.07, 6.45) is 10.1. The molecule has 7 atom stereocenters. The number of carbonyl (C=O) groups is 2. The van der Waals surface area contributed by atoms with Crippen molar-refractivity contribution in [2.45, 2.75) is 98.3 Å². The summed E-state index contributed by atoms with van der Waals surface area (Å²) in [4.78, 5) is 25.0. The quantitative estimate of drug-likeness (QED) is 0.417. The molecule has 0 amide bonds. The number of hydrogen-bond acceptors (Lipinski definition) is 6. The van der Waals surface area contributed by atoms with Crippen molar-refractivity contribution in [3.63, 3.8) is 0 Å². The van der Waals surface area contributed by atoms with Crippen molar-refractivity contribution in [3.05, 3.63) is 23.8 Å². The van der Waals surface area contributed by atoms with E-state index >= 15 is 0 Å². The molecule has 1 N–H and O–H groups in total. The molecule has 0 spiro atoms. The minimum absolute atomic E-state index is 0.122. The largest absolute Gasteiger partial charge is 0.462 e. The number of fused-ring (bicyclic) bond motifs is 1. The molecular formula is C26H41BO6. The first kappa shape index (κ1) is 26.0. The van der Waals surface area contributed by atoms with Gasteiger partial charge in [-0.15, -0.1) is 0 Å². The number of esters is 2. The van der Waals surface area contributed by atoms with E-state index in [1.54, 1.807) is 6.82 Å². The van der Waals surface area contributed by atoms with Crippen molar-refractivity contribution in [2.75, 3.05) is 0 Å². The highest BCUT2D eigenvalue weighted by atomic mass is 16.6. The molecule has 1 aliphatic heterocycles. The topological polar surface area (TPSA) is 82.1 Å². The highest BCUT2D eigenvalue weighted by molar-refractivity contribution is 6.40. The standard InChI is InChI=1S/C26H41BO6/c1-7-26(4,5)25(29)32-22-13-16(2)12-18-9-8-17(3)21(24(18)22)11-10-19-14-20(33-27(6)30)15-23(28)31-19/h8-9,12,16-17,19-22,24,30H,7,10-11,13-15H2,1-6H3/t16-,17-,19-,20+,21-,22-,24-/m1/s1. The minimum Gasteiger partial charge on any atom is -0.462 e. The summed E-state index contributed by atoms with van der Waals surface area (Å²) in [5, 5.41) is 9.54. The molecule has 0 saturated carbocycles. The van der Waals surface area contributed by atoms with Crippen LogP contribution in [-0.4, -0.2) is 42.4 Å². The predicted molar refractivity (Wildman–Crippen MR) is 128 cm³/mol. The first-order valence-electron chi connectivity index (χ1n) is 12.6. The Morgan fingerprint density at radius 1 is 1.27 bits per heavy atom. The van der Waals surface area contributed by atoms with Crippen molar-refractivity contribution in [3.8, 4) is 0 Å². The molecule has 7 heteroatoms. The van der Waals surface area contributed by atoms with Gasteiger partial charge in [0.05, 0.1) is 17.9 Å². The van der Waals surface area contributed by atoms with Crippen molar-refractivity contribution in [1.82, 2.24) is 0 Å². The molecule has 1 fully saturated rings. The highest BCUT2D eigenvalue weighted by Crippen LogP contribution is 2.45. The van der Waals surface area contributed by atoms with Gasteiger partial charge in [-0.2, -0.15) is 0 Å². The fourth-order valence-corrected chi connectivity index (χ4v) is 5.44. The normalized spacial score (nSPS) is 34.2. The van der Waals surface area contributed by atoms with E-state index in [1.807, 2.05) is 20.8 Å². The molecule has 3 aliphatic rings. The molecule has 1 saturated heterocycles. The van der Waals surface area contributed by atoms with Gasteiger partial charge < -0.3 is 19.2 Å². The van der Waals surface area contributed by atoms with E-state index in [0.29, 0.717) is 24.2 Å².